The van der Waals surface area contributed by atoms with Gasteiger partial charge in [-0.15, -0.1) is 0 Å². The summed E-state index contributed by atoms with van der Waals surface area (Å²) in [5.41, 5.74) is 7.27. The minimum atomic E-state index is 0.0638. The van der Waals surface area contributed by atoms with Gasteiger partial charge in [-0.2, -0.15) is 0 Å². The zero-order chi connectivity index (χ0) is 14.0. The van der Waals surface area contributed by atoms with Crippen LogP contribution in [0.4, 0.5) is 0 Å². The Balaban J connectivity index is 2.05. The Labute approximate surface area is 120 Å². The molecule has 3 N–H and O–H groups in total. The highest BCUT2D eigenvalue weighted by Gasteiger charge is 2.22. The second-order valence-electron chi connectivity index (χ2n) is 5.70. The standard InChI is InChI=1S/C15H22ClN3/c1-10-5-6-19(8-11(10)2)9-13-4-3-12(15(17)18)7-14(13)16/h3-4,7,10-11H,5-6,8-9H2,1-2H3,(H3,17,18). The Morgan fingerprint density at radius 2 is 2.16 bits per heavy atom. The number of nitrogen functional groups attached to an aromatic ring is 1. The van der Waals surface area contributed by atoms with Gasteiger partial charge in [0.15, 0.2) is 0 Å². The van der Waals surface area contributed by atoms with E-state index in [1.165, 1.54) is 6.42 Å². The fraction of sp³-hybridized carbons (Fsp3) is 0.533. The summed E-state index contributed by atoms with van der Waals surface area (Å²) in [6.07, 6.45) is 1.25. The Bertz CT molecular complexity index is 472. The average Bonchev–Trinajstić information content (AvgIpc) is 2.36. The molecule has 1 saturated heterocycles. The van der Waals surface area contributed by atoms with Crippen molar-refractivity contribution in [3.05, 3.63) is 34.3 Å². The molecule has 0 bridgehead atoms. The summed E-state index contributed by atoms with van der Waals surface area (Å²) >= 11 is 6.28. The Hall–Kier alpha value is -1.06. The number of hydrogen-bond donors (Lipinski definition) is 2. The van der Waals surface area contributed by atoms with E-state index in [1.54, 1.807) is 6.07 Å². The molecular weight excluding hydrogens is 258 g/mol. The molecule has 2 atom stereocenters. The third-order valence-electron chi connectivity index (χ3n) is 4.18. The fourth-order valence-electron chi connectivity index (χ4n) is 2.58. The molecule has 0 amide bonds. The van der Waals surface area contributed by atoms with E-state index in [0.717, 1.165) is 37.0 Å². The van der Waals surface area contributed by atoms with Gasteiger partial charge >= 0.3 is 0 Å². The topological polar surface area (TPSA) is 53.1 Å². The molecule has 1 aromatic rings. The lowest BCUT2D eigenvalue weighted by molar-refractivity contribution is 0.132. The van der Waals surface area contributed by atoms with Gasteiger partial charge in [0.2, 0.25) is 0 Å². The van der Waals surface area contributed by atoms with Crippen molar-refractivity contribution >= 4 is 17.4 Å². The van der Waals surface area contributed by atoms with Crippen LogP contribution in [0.2, 0.25) is 5.02 Å². The maximum atomic E-state index is 7.41. The van der Waals surface area contributed by atoms with Gasteiger partial charge < -0.3 is 5.73 Å². The second kappa shape index (κ2) is 5.93. The maximum Gasteiger partial charge on any atom is 0.122 e. The highest BCUT2D eigenvalue weighted by Crippen LogP contribution is 2.26. The van der Waals surface area contributed by atoms with Gasteiger partial charge in [-0.05, 0) is 36.4 Å². The van der Waals surface area contributed by atoms with Crippen LogP contribution in [-0.2, 0) is 6.54 Å². The van der Waals surface area contributed by atoms with Gasteiger partial charge in [0.1, 0.15) is 5.84 Å². The summed E-state index contributed by atoms with van der Waals surface area (Å²) in [5, 5.41) is 8.12. The highest BCUT2D eigenvalue weighted by atomic mass is 35.5. The third kappa shape index (κ3) is 3.48. The molecule has 1 aliphatic heterocycles. The zero-order valence-corrected chi connectivity index (χ0v) is 12.4. The van der Waals surface area contributed by atoms with E-state index < -0.39 is 0 Å². The largest absolute Gasteiger partial charge is 0.384 e. The van der Waals surface area contributed by atoms with Crippen LogP contribution in [0.5, 0.6) is 0 Å². The van der Waals surface area contributed by atoms with E-state index in [9.17, 15) is 0 Å². The van der Waals surface area contributed by atoms with Crippen molar-refractivity contribution in [2.75, 3.05) is 13.1 Å². The van der Waals surface area contributed by atoms with Crippen LogP contribution in [0.1, 0.15) is 31.4 Å². The van der Waals surface area contributed by atoms with E-state index in [1.807, 2.05) is 12.1 Å². The molecule has 1 heterocycles. The van der Waals surface area contributed by atoms with E-state index in [-0.39, 0.29) is 5.84 Å². The molecule has 0 aliphatic carbocycles. The summed E-state index contributed by atoms with van der Waals surface area (Å²) in [4.78, 5) is 2.46. The summed E-state index contributed by atoms with van der Waals surface area (Å²) in [6.45, 7) is 7.80. The lowest BCUT2D eigenvalue weighted by Gasteiger charge is -2.35. The predicted octanol–water partition coefficient (Wildman–Crippen LogP) is 3.10. The number of amidine groups is 1. The van der Waals surface area contributed by atoms with E-state index in [0.29, 0.717) is 10.6 Å². The third-order valence-corrected chi connectivity index (χ3v) is 4.53. The van der Waals surface area contributed by atoms with E-state index in [4.69, 9.17) is 22.7 Å². The van der Waals surface area contributed by atoms with Gasteiger partial charge in [0, 0.05) is 23.7 Å². The SMILES string of the molecule is CC1CCN(Cc2ccc(C(=N)N)cc2Cl)CC1C. The Morgan fingerprint density at radius 3 is 2.74 bits per heavy atom. The van der Waals surface area contributed by atoms with E-state index in [2.05, 4.69) is 18.7 Å². The maximum absolute atomic E-state index is 7.41. The van der Waals surface area contributed by atoms with Crippen LogP contribution in [0, 0.1) is 17.2 Å². The molecule has 3 nitrogen and oxygen atoms in total. The highest BCUT2D eigenvalue weighted by molar-refractivity contribution is 6.31. The summed E-state index contributed by atoms with van der Waals surface area (Å²) in [5.74, 6) is 1.62. The number of rotatable bonds is 3. The predicted molar refractivity (Wildman–Crippen MR) is 80.7 cm³/mol. The quantitative estimate of drug-likeness (QED) is 0.660. The molecule has 1 fully saturated rings. The van der Waals surface area contributed by atoms with Crippen LogP contribution < -0.4 is 5.73 Å². The molecular formula is C15H22ClN3. The molecule has 0 radical (unpaired) electrons. The molecule has 0 saturated carbocycles. The lowest BCUT2D eigenvalue weighted by Crippen LogP contribution is -2.37. The Kier molecular flexibility index (Phi) is 4.48. The van der Waals surface area contributed by atoms with Gasteiger partial charge in [-0.25, -0.2) is 0 Å². The summed E-state index contributed by atoms with van der Waals surface area (Å²) < 4.78 is 0. The molecule has 1 aromatic carbocycles. The van der Waals surface area contributed by atoms with Crippen LogP contribution in [0.25, 0.3) is 0 Å². The molecule has 1 aliphatic rings. The first-order valence-corrected chi connectivity index (χ1v) is 7.20. The fourth-order valence-corrected chi connectivity index (χ4v) is 2.82. The van der Waals surface area contributed by atoms with Crippen molar-refractivity contribution in [2.24, 2.45) is 17.6 Å². The molecule has 104 valence electrons. The van der Waals surface area contributed by atoms with Crippen molar-refractivity contribution in [3.63, 3.8) is 0 Å². The van der Waals surface area contributed by atoms with Gasteiger partial charge in [0.05, 0.1) is 0 Å². The zero-order valence-electron chi connectivity index (χ0n) is 11.6. The van der Waals surface area contributed by atoms with Crippen molar-refractivity contribution < 1.29 is 0 Å². The van der Waals surface area contributed by atoms with Crippen LogP contribution >= 0.6 is 11.6 Å². The first-order valence-electron chi connectivity index (χ1n) is 6.82. The van der Waals surface area contributed by atoms with Gasteiger partial charge in [-0.3, -0.25) is 10.3 Å². The number of nitrogens with one attached hydrogen (secondary N) is 1. The number of likely N-dealkylation sites (tertiary alicyclic amines) is 1. The van der Waals surface area contributed by atoms with Crippen LogP contribution in [0.15, 0.2) is 18.2 Å². The first kappa shape index (κ1) is 14.4. The Morgan fingerprint density at radius 1 is 1.42 bits per heavy atom. The number of piperidine rings is 1. The van der Waals surface area contributed by atoms with Gasteiger partial charge in [-0.1, -0.05) is 37.6 Å². The first-order chi connectivity index (χ1) is 8.97. The van der Waals surface area contributed by atoms with Crippen LogP contribution in [0.3, 0.4) is 0 Å². The van der Waals surface area contributed by atoms with Crippen LogP contribution in [-0.4, -0.2) is 23.8 Å². The summed E-state index contributed by atoms with van der Waals surface area (Å²) in [7, 11) is 0. The normalized spacial score (nSPS) is 24.4. The molecule has 2 unspecified atom stereocenters. The second-order valence-corrected chi connectivity index (χ2v) is 6.11. The van der Waals surface area contributed by atoms with Gasteiger partial charge in [0.25, 0.3) is 0 Å². The van der Waals surface area contributed by atoms with E-state index >= 15 is 0 Å². The number of hydrogen-bond acceptors (Lipinski definition) is 2. The van der Waals surface area contributed by atoms with Crippen molar-refractivity contribution in [2.45, 2.75) is 26.8 Å². The molecule has 0 aromatic heterocycles. The van der Waals surface area contributed by atoms with Crippen molar-refractivity contribution in [3.8, 4) is 0 Å². The van der Waals surface area contributed by atoms with Crippen molar-refractivity contribution in [1.29, 1.82) is 5.41 Å². The number of nitrogens with two attached hydrogens (primary N) is 1. The minimum Gasteiger partial charge on any atom is -0.384 e. The number of nitrogens with zero attached hydrogens (tertiary/aromatic N) is 1. The molecule has 4 heteroatoms. The summed E-state index contributed by atoms with van der Waals surface area (Å²) in [6, 6.07) is 5.65. The smallest absolute Gasteiger partial charge is 0.122 e. The van der Waals surface area contributed by atoms with Crippen molar-refractivity contribution in [1.82, 2.24) is 4.90 Å². The average molecular weight is 280 g/mol. The number of halogens is 1. The molecule has 2 rings (SSSR count). The lowest BCUT2D eigenvalue weighted by atomic mass is 9.88. The number of benzene rings is 1. The minimum absolute atomic E-state index is 0.0638. The molecule has 19 heavy (non-hydrogen) atoms. The monoisotopic (exact) mass is 279 g/mol. The molecule has 0 spiro atoms.